The van der Waals surface area contributed by atoms with Crippen LogP contribution in [-0.2, 0) is 14.9 Å². The van der Waals surface area contributed by atoms with E-state index < -0.39 is 16.6 Å². The molecule has 0 bridgehead atoms. The van der Waals surface area contributed by atoms with E-state index in [-0.39, 0.29) is 10.8 Å². The second kappa shape index (κ2) is 9.51. The van der Waals surface area contributed by atoms with Gasteiger partial charge in [-0.1, -0.05) is 65.8 Å². The van der Waals surface area contributed by atoms with E-state index in [4.69, 9.17) is 13.6 Å². The van der Waals surface area contributed by atoms with Crippen LogP contribution in [0.1, 0.15) is 52.7 Å². The van der Waals surface area contributed by atoms with Crippen LogP contribution in [0.15, 0.2) is 48.5 Å². The van der Waals surface area contributed by atoms with Gasteiger partial charge in [0.25, 0.3) is 0 Å². The van der Waals surface area contributed by atoms with Gasteiger partial charge in [-0.25, -0.2) is 0 Å². The molecule has 0 atom stereocenters. The number of hydrogen-bond acceptors (Lipinski definition) is 3. The summed E-state index contributed by atoms with van der Waals surface area (Å²) in [6.45, 7) is 22.2. The fourth-order valence-corrected chi connectivity index (χ4v) is 10.9. The Morgan fingerprint density at radius 3 is 1.10 bits per heavy atom. The average Bonchev–Trinajstić information content (AvgIpc) is 2.63. The van der Waals surface area contributed by atoms with E-state index in [1.165, 1.54) is 11.1 Å². The third-order valence-electron chi connectivity index (χ3n) is 5.17. The first-order valence-corrected chi connectivity index (χ1v) is 17.5. The third-order valence-corrected chi connectivity index (χ3v) is 11.3. The molecule has 0 N–H and O–H groups in total. The summed E-state index contributed by atoms with van der Waals surface area (Å²) >= 11 is 0. The van der Waals surface area contributed by atoms with Crippen LogP contribution in [0.5, 0.6) is 11.5 Å². The van der Waals surface area contributed by atoms with Crippen molar-refractivity contribution in [3.8, 4) is 11.5 Å². The third kappa shape index (κ3) is 8.47. The summed E-state index contributed by atoms with van der Waals surface area (Å²) < 4.78 is 18.9. The van der Waals surface area contributed by atoms with E-state index in [2.05, 4.69) is 116 Å². The smallest absolute Gasteiger partial charge is 0.213 e. The molecule has 5 heteroatoms. The highest BCUT2D eigenvalue weighted by Gasteiger charge is 2.35. The zero-order chi connectivity index (χ0) is 23.5. The van der Waals surface area contributed by atoms with Gasteiger partial charge in [0.05, 0.1) is 0 Å². The van der Waals surface area contributed by atoms with Gasteiger partial charge in [0.1, 0.15) is 24.0 Å². The summed E-state index contributed by atoms with van der Waals surface area (Å²) in [4.78, 5) is 0. The van der Waals surface area contributed by atoms with Crippen molar-refractivity contribution in [2.45, 2.75) is 78.6 Å². The van der Waals surface area contributed by atoms with E-state index in [1.807, 2.05) is 0 Å². The minimum absolute atomic E-state index is 0.151. The Morgan fingerprint density at radius 1 is 0.548 bits per heavy atom. The van der Waals surface area contributed by atoms with Crippen molar-refractivity contribution in [1.82, 2.24) is 0 Å². The predicted octanol–water partition coefficient (Wildman–Crippen LogP) is 7.24. The van der Waals surface area contributed by atoms with E-state index in [1.54, 1.807) is 0 Å². The standard InChI is InChI=1S/C26H42O3Si2/c1-25(2,3)21-11-15-23(16-12-21)27-19-30(7,8)29-31(9,10)20-28-24-17-13-22(14-18-24)26(4,5)6/h11-18H,19-20H2,1-10H3. The monoisotopic (exact) mass is 458 g/mol. The minimum Gasteiger partial charge on any atom is -0.494 e. The Bertz CT molecular complexity index is 755. The number of hydrogen-bond donors (Lipinski definition) is 0. The summed E-state index contributed by atoms with van der Waals surface area (Å²) in [5.41, 5.74) is 2.93. The molecule has 0 saturated carbocycles. The van der Waals surface area contributed by atoms with Crippen LogP contribution in [-0.4, -0.2) is 29.1 Å². The van der Waals surface area contributed by atoms with Crippen LogP contribution in [0.4, 0.5) is 0 Å². The summed E-state index contributed by atoms with van der Waals surface area (Å²) in [5, 5.41) is 0. The van der Waals surface area contributed by atoms with E-state index in [0.717, 1.165) is 11.5 Å². The highest BCUT2D eigenvalue weighted by Crippen LogP contribution is 2.26. The van der Waals surface area contributed by atoms with Crippen LogP contribution in [0.25, 0.3) is 0 Å². The van der Waals surface area contributed by atoms with Crippen molar-refractivity contribution in [3.05, 3.63) is 59.7 Å². The molecule has 0 aromatic heterocycles. The first-order chi connectivity index (χ1) is 14.1. The second-order valence-corrected chi connectivity index (χ2v) is 20.2. The fraction of sp³-hybridized carbons (Fsp3) is 0.538. The Labute approximate surface area is 192 Å². The topological polar surface area (TPSA) is 27.7 Å². The molecule has 0 radical (unpaired) electrons. The molecular weight excluding hydrogens is 416 g/mol. The minimum atomic E-state index is -1.98. The molecule has 172 valence electrons. The Morgan fingerprint density at radius 2 is 0.839 bits per heavy atom. The average molecular weight is 459 g/mol. The number of rotatable bonds is 8. The molecule has 0 aliphatic rings. The predicted molar refractivity (Wildman–Crippen MR) is 137 cm³/mol. The zero-order valence-corrected chi connectivity index (χ0v) is 23.3. The summed E-state index contributed by atoms with van der Waals surface area (Å²) in [6.07, 6.45) is 1.27. The molecule has 0 fully saturated rings. The van der Waals surface area contributed by atoms with Crippen LogP contribution >= 0.6 is 0 Å². The van der Waals surface area contributed by atoms with Crippen molar-refractivity contribution < 1.29 is 13.6 Å². The van der Waals surface area contributed by atoms with Crippen LogP contribution in [0.2, 0.25) is 26.2 Å². The largest absolute Gasteiger partial charge is 0.494 e. The van der Waals surface area contributed by atoms with Crippen LogP contribution in [0, 0.1) is 0 Å². The number of benzene rings is 2. The van der Waals surface area contributed by atoms with E-state index in [0.29, 0.717) is 12.5 Å². The Hall–Kier alpha value is -1.57. The Kier molecular flexibility index (Phi) is 7.88. The van der Waals surface area contributed by atoms with Gasteiger partial charge in [-0.3, -0.25) is 0 Å². The molecule has 0 aliphatic heterocycles. The van der Waals surface area contributed by atoms with Crippen molar-refractivity contribution in [1.29, 1.82) is 0 Å². The van der Waals surface area contributed by atoms with Gasteiger partial charge in [-0.05, 0) is 72.4 Å². The zero-order valence-electron chi connectivity index (χ0n) is 21.3. The van der Waals surface area contributed by atoms with E-state index >= 15 is 0 Å². The molecule has 31 heavy (non-hydrogen) atoms. The van der Waals surface area contributed by atoms with E-state index in [9.17, 15) is 0 Å². The van der Waals surface area contributed by atoms with Gasteiger partial charge in [0.15, 0.2) is 0 Å². The quantitative estimate of drug-likeness (QED) is 0.390. The molecule has 0 saturated heterocycles. The van der Waals surface area contributed by atoms with Gasteiger partial charge < -0.3 is 13.6 Å². The van der Waals surface area contributed by atoms with Gasteiger partial charge in [-0.2, -0.15) is 0 Å². The molecule has 3 nitrogen and oxygen atoms in total. The van der Waals surface area contributed by atoms with Gasteiger partial charge >= 0.3 is 0 Å². The lowest BCUT2D eigenvalue weighted by atomic mass is 9.87. The van der Waals surface area contributed by atoms with Gasteiger partial charge in [-0.15, -0.1) is 0 Å². The molecule has 0 spiro atoms. The van der Waals surface area contributed by atoms with Crippen molar-refractivity contribution in [2.75, 3.05) is 12.5 Å². The highest BCUT2D eigenvalue weighted by molar-refractivity contribution is 6.84. The maximum atomic E-state index is 6.65. The van der Waals surface area contributed by atoms with Crippen LogP contribution in [0.3, 0.4) is 0 Å². The maximum Gasteiger partial charge on any atom is 0.213 e. The first kappa shape index (κ1) is 25.7. The molecule has 2 aromatic carbocycles. The molecular formula is C26H42O3Si2. The van der Waals surface area contributed by atoms with Gasteiger partial charge in [0.2, 0.25) is 16.6 Å². The van der Waals surface area contributed by atoms with Crippen molar-refractivity contribution >= 4 is 16.6 Å². The summed E-state index contributed by atoms with van der Waals surface area (Å²) in [7, 11) is -3.97. The second-order valence-electron chi connectivity index (χ2n) is 11.7. The van der Waals surface area contributed by atoms with Crippen molar-refractivity contribution in [2.24, 2.45) is 0 Å². The molecule has 0 heterocycles. The highest BCUT2D eigenvalue weighted by atomic mass is 28.4. The molecule has 0 unspecified atom stereocenters. The summed E-state index contributed by atoms with van der Waals surface area (Å²) in [5.74, 6) is 1.82. The number of ether oxygens (including phenoxy) is 2. The molecule has 2 aromatic rings. The lowest BCUT2D eigenvalue weighted by Gasteiger charge is -2.33. The van der Waals surface area contributed by atoms with Gasteiger partial charge in [0, 0.05) is 0 Å². The maximum absolute atomic E-state index is 6.65. The molecule has 2 rings (SSSR count). The SMILES string of the molecule is CC(C)(C)c1ccc(OC[Si](C)(C)O[Si](C)(C)COc2ccc(C(C)(C)C)cc2)cc1. The normalized spacial score (nSPS) is 13.2. The van der Waals surface area contributed by atoms with Crippen LogP contribution < -0.4 is 9.47 Å². The molecule has 0 aliphatic carbocycles. The first-order valence-electron chi connectivity index (χ1n) is 11.2. The molecule has 0 amide bonds. The fourth-order valence-electron chi connectivity index (χ4n) is 3.42. The Balaban J connectivity index is 1.89. The lowest BCUT2D eigenvalue weighted by Crippen LogP contribution is -2.51. The lowest BCUT2D eigenvalue weighted by molar-refractivity contribution is 0.329. The summed E-state index contributed by atoms with van der Waals surface area (Å²) in [6, 6.07) is 16.9. The van der Waals surface area contributed by atoms with Crippen molar-refractivity contribution in [3.63, 3.8) is 0 Å².